The van der Waals surface area contributed by atoms with E-state index in [2.05, 4.69) is 58.0 Å². The number of hydrogen-bond acceptors (Lipinski definition) is 2. The summed E-state index contributed by atoms with van der Waals surface area (Å²) in [5, 5.41) is 1.16. The summed E-state index contributed by atoms with van der Waals surface area (Å²) in [7, 11) is 0. The van der Waals surface area contributed by atoms with Crippen LogP contribution in [0.4, 0.5) is 0 Å². The van der Waals surface area contributed by atoms with Gasteiger partial charge in [0.05, 0.1) is 6.04 Å². The molecule has 1 heterocycles. The summed E-state index contributed by atoms with van der Waals surface area (Å²) in [6.45, 7) is 8.40. The van der Waals surface area contributed by atoms with Crippen molar-refractivity contribution in [1.82, 2.24) is 0 Å². The quantitative estimate of drug-likeness (QED) is 0.737. The van der Waals surface area contributed by atoms with Crippen molar-refractivity contribution < 1.29 is 4.42 Å². The lowest BCUT2D eigenvalue weighted by Gasteiger charge is -2.12. The van der Waals surface area contributed by atoms with Crippen molar-refractivity contribution in [2.45, 2.75) is 33.7 Å². The third kappa shape index (κ3) is 2.36. The number of furan rings is 1. The SMILES string of the molecule is Cc1ccc2oc(C(N)c3ccc(C)c(C)c3)c(C)c2c1. The summed E-state index contributed by atoms with van der Waals surface area (Å²) in [5.74, 6) is 0.860. The Morgan fingerprint density at radius 2 is 1.67 bits per heavy atom. The number of nitrogens with two attached hydrogens (primary N) is 1. The molecule has 0 aliphatic rings. The molecule has 0 spiro atoms. The van der Waals surface area contributed by atoms with Crippen LogP contribution in [0, 0.1) is 27.7 Å². The molecule has 1 aromatic heterocycles. The van der Waals surface area contributed by atoms with Crippen molar-refractivity contribution in [3.63, 3.8) is 0 Å². The van der Waals surface area contributed by atoms with E-state index in [1.54, 1.807) is 0 Å². The lowest BCUT2D eigenvalue weighted by Crippen LogP contribution is -2.12. The minimum atomic E-state index is -0.225. The topological polar surface area (TPSA) is 39.2 Å². The zero-order valence-electron chi connectivity index (χ0n) is 13.0. The standard InChI is InChI=1S/C19H21NO/c1-11-5-8-17-16(9-11)14(4)19(21-17)18(20)15-7-6-12(2)13(3)10-15/h5-10,18H,20H2,1-4H3. The highest BCUT2D eigenvalue weighted by Crippen LogP contribution is 2.32. The van der Waals surface area contributed by atoms with Gasteiger partial charge in [0, 0.05) is 10.9 Å². The van der Waals surface area contributed by atoms with Crippen LogP contribution in [0.25, 0.3) is 11.0 Å². The van der Waals surface area contributed by atoms with Crippen LogP contribution in [0.1, 0.15) is 39.6 Å². The summed E-state index contributed by atoms with van der Waals surface area (Å²) < 4.78 is 6.02. The van der Waals surface area contributed by atoms with Gasteiger partial charge >= 0.3 is 0 Å². The van der Waals surface area contributed by atoms with Crippen LogP contribution in [-0.4, -0.2) is 0 Å². The maximum absolute atomic E-state index is 6.44. The van der Waals surface area contributed by atoms with Gasteiger partial charge in [-0.25, -0.2) is 0 Å². The average Bonchev–Trinajstić information content (AvgIpc) is 2.78. The average molecular weight is 279 g/mol. The number of aryl methyl sites for hydroxylation is 4. The molecule has 0 saturated carbocycles. The molecule has 0 bridgehead atoms. The van der Waals surface area contributed by atoms with E-state index in [1.165, 1.54) is 16.7 Å². The molecule has 2 heteroatoms. The Kier molecular flexibility index (Phi) is 3.34. The molecular weight excluding hydrogens is 258 g/mol. The highest BCUT2D eigenvalue weighted by atomic mass is 16.3. The van der Waals surface area contributed by atoms with Crippen LogP contribution < -0.4 is 5.73 Å². The first-order valence-corrected chi connectivity index (χ1v) is 7.29. The largest absolute Gasteiger partial charge is 0.459 e. The Labute approximate surface area is 125 Å². The zero-order chi connectivity index (χ0) is 15.1. The smallest absolute Gasteiger partial charge is 0.134 e. The van der Waals surface area contributed by atoms with E-state index in [-0.39, 0.29) is 6.04 Å². The lowest BCUT2D eigenvalue weighted by atomic mass is 9.98. The number of benzene rings is 2. The van der Waals surface area contributed by atoms with Crippen molar-refractivity contribution in [3.05, 3.63) is 70.0 Å². The molecule has 2 aromatic carbocycles. The Bertz CT molecular complexity index is 814. The molecule has 1 atom stereocenters. The Hall–Kier alpha value is -2.06. The third-order valence-electron chi connectivity index (χ3n) is 4.30. The molecule has 0 aliphatic heterocycles. The molecule has 0 fully saturated rings. The fourth-order valence-electron chi connectivity index (χ4n) is 2.76. The van der Waals surface area contributed by atoms with Crippen LogP contribution in [-0.2, 0) is 0 Å². The van der Waals surface area contributed by atoms with Gasteiger partial charge in [-0.1, -0.05) is 29.8 Å². The number of hydrogen-bond donors (Lipinski definition) is 1. The van der Waals surface area contributed by atoms with Gasteiger partial charge in [0.2, 0.25) is 0 Å². The second-order valence-electron chi connectivity index (χ2n) is 5.91. The van der Waals surface area contributed by atoms with Gasteiger partial charge in [0.15, 0.2) is 0 Å². The first-order valence-electron chi connectivity index (χ1n) is 7.29. The van der Waals surface area contributed by atoms with Crippen LogP contribution >= 0.6 is 0 Å². The molecule has 1 unspecified atom stereocenters. The highest BCUT2D eigenvalue weighted by molar-refractivity contribution is 5.83. The fourth-order valence-corrected chi connectivity index (χ4v) is 2.76. The third-order valence-corrected chi connectivity index (χ3v) is 4.30. The first kappa shape index (κ1) is 13.9. The van der Waals surface area contributed by atoms with Crippen molar-refractivity contribution in [3.8, 4) is 0 Å². The number of rotatable bonds is 2. The van der Waals surface area contributed by atoms with E-state index in [0.717, 1.165) is 27.9 Å². The maximum Gasteiger partial charge on any atom is 0.134 e. The predicted octanol–water partition coefficient (Wildman–Crippen LogP) is 4.71. The monoisotopic (exact) mass is 279 g/mol. The summed E-state index contributed by atoms with van der Waals surface area (Å²) >= 11 is 0. The summed E-state index contributed by atoms with van der Waals surface area (Å²) in [5.41, 5.74) is 13.4. The normalized spacial score (nSPS) is 12.8. The van der Waals surface area contributed by atoms with Gasteiger partial charge in [0.25, 0.3) is 0 Å². The van der Waals surface area contributed by atoms with Crippen molar-refractivity contribution in [2.24, 2.45) is 5.73 Å². The molecule has 3 aromatic rings. The Morgan fingerprint density at radius 3 is 2.38 bits per heavy atom. The summed E-state index contributed by atoms with van der Waals surface area (Å²) in [6.07, 6.45) is 0. The first-order chi connectivity index (χ1) is 9.97. The van der Waals surface area contributed by atoms with Crippen LogP contribution in [0.3, 0.4) is 0 Å². The van der Waals surface area contributed by atoms with E-state index in [1.807, 2.05) is 6.07 Å². The van der Waals surface area contributed by atoms with Crippen LogP contribution in [0.2, 0.25) is 0 Å². The van der Waals surface area contributed by atoms with Gasteiger partial charge in [-0.3, -0.25) is 0 Å². The molecule has 2 nitrogen and oxygen atoms in total. The Balaban J connectivity index is 2.10. The summed E-state index contributed by atoms with van der Waals surface area (Å²) in [4.78, 5) is 0. The molecule has 21 heavy (non-hydrogen) atoms. The van der Waals surface area contributed by atoms with Crippen LogP contribution in [0.15, 0.2) is 40.8 Å². The van der Waals surface area contributed by atoms with Crippen molar-refractivity contribution >= 4 is 11.0 Å². The minimum Gasteiger partial charge on any atom is -0.459 e. The zero-order valence-corrected chi connectivity index (χ0v) is 13.0. The van der Waals surface area contributed by atoms with Crippen molar-refractivity contribution in [2.75, 3.05) is 0 Å². The summed E-state index contributed by atoms with van der Waals surface area (Å²) in [6, 6.07) is 12.4. The number of fused-ring (bicyclic) bond motifs is 1. The van der Waals surface area contributed by atoms with Gasteiger partial charge in [0.1, 0.15) is 11.3 Å². The van der Waals surface area contributed by atoms with Gasteiger partial charge < -0.3 is 10.2 Å². The molecule has 2 N–H and O–H groups in total. The molecule has 0 radical (unpaired) electrons. The van der Waals surface area contributed by atoms with Crippen molar-refractivity contribution in [1.29, 1.82) is 0 Å². The van der Waals surface area contributed by atoms with E-state index in [9.17, 15) is 0 Å². The molecule has 0 saturated heterocycles. The maximum atomic E-state index is 6.44. The molecule has 0 aliphatic carbocycles. The molecular formula is C19H21NO. The second kappa shape index (κ2) is 5.05. The molecule has 3 rings (SSSR count). The van der Waals surface area contributed by atoms with E-state index in [4.69, 9.17) is 10.2 Å². The molecule has 0 amide bonds. The highest BCUT2D eigenvalue weighted by Gasteiger charge is 2.19. The predicted molar refractivity (Wildman–Crippen MR) is 87.6 cm³/mol. The van der Waals surface area contributed by atoms with Gasteiger partial charge in [-0.15, -0.1) is 0 Å². The van der Waals surface area contributed by atoms with E-state index in [0.29, 0.717) is 0 Å². The minimum absolute atomic E-state index is 0.225. The lowest BCUT2D eigenvalue weighted by molar-refractivity contribution is 0.521. The Morgan fingerprint density at radius 1 is 0.905 bits per heavy atom. The molecule has 108 valence electrons. The second-order valence-corrected chi connectivity index (χ2v) is 5.91. The fraction of sp³-hybridized carbons (Fsp3) is 0.263. The van der Waals surface area contributed by atoms with Gasteiger partial charge in [-0.05, 0) is 56.5 Å². The van der Waals surface area contributed by atoms with E-state index < -0.39 is 0 Å². The van der Waals surface area contributed by atoms with Gasteiger partial charge in [-0.2, -0.15) is 0 Å². The van der Waals surface area contributed by atoms with Crippen LogP contribution in [0.5, 0.6) is 0 Å². The van der Waals surface area contributed by atoms with E-state index >= 15 is 0 Å².